The lowest BCUT2D eigenvalue weighted by Gasteiger charge is -2.20. The van der Waals surface area contributed by atoms with Crippen LogP contribution in [0, 0.1) is 0 Å². The van der Waals surface area contributed by atoms with Gasteiger partial charge >= 0.3 is 0 Å². The standard InChI is InChI=1S/C14H30O4/c1-6-9-10-11-14(17-15-12(4)7-2)18-16-13(5)8-3/h12-14H,6-11H2,1-5H3. The Morgan fingerprint density at radius 1 is 0.722 bits per heavy atom. The highest BCUT2D eigenvalue weighted by molar-refractivity contribution is 4.45. The maximum absolute atomic E-state index is 5.29. The van der Waals surface area contributed by atoms with Gasteiger partial charge in [-0.1, -0.05) is 33.6 Å². The Hall–Kier alpha value is -0.160. The van der Waals surface area contributed by atoms with E-state index in [1.165, 1.54) is 6.42 Å². The van der Waals surface area contributed by atoms with Crippen LogP contribution in [0.3, 0.4) is 0 Å². The molecule has 0 amide bonds. The lowest BCUT2D eigenvalue weighted by molar-refractivity contribution is -0.480. The van der Waals surface area contributed by atoms with Gasteiger partial charge in [-0.25, -0.2) is 19.6 Å². The Morgan fingerprint density at radius 2 is 1.22 bits per heavy atom. The molecule has 0 rings (SSSR count). The van der Waals surface area contributed by atoms with E-state index in [1.54, 1.807) is 0 Å². The number of hydrogen-bond acceptors (Lipinski definition) is 4. The van der Waals surface area contributed by atoms with E-state index < -0.39 is 6.29 Å². The zero-order valence-electron chi connectivity index (χ0n) is 12.6. The van der Waals surface area contributed by atoms with Gasteiger partial charge in [0.05, 0.1) is 12.2 Å². The molecular weight excluding hydrogens is 232 g/mol. The average Bonchev–Trinajstić information content (AvgIpc) is 2.40. The van der Waals surface area contributed by atoms with Gasteiger partial charge in [0.15, 0.2) is 0 Å². The topological polar surface area (TPSA) is 36.9 Å². The van der Waals surface area contributed by atoms with Crippen molar-refractivity contribution in [2.24, 2.45) is 0 Å². The second kappa shape index (κ2) is 11.9. The van der Waals surface area contributed by atoms with E-state index in [1.807, 2.05) is 13.8 Å². The molecule has 0 aromatic carbocycles. The van der Waals surface area contributed by atoms with Crippen LogP contribution in [0.5, 0.6) is 0 Å². The first-order valence-corrected chi connectivity index (χ1v) is 7.28. The van der Waals surface area contributed by atoms with E-state index in [0.717, 1.165) is 32.1 Å². The van der Waals surface area contributed by atoms with Crippen molar-refractivity contribution >= 4 is 0 Å². The lowest BCUT2D eigenvalue weighted by atomic mass is 10.2. The van der Waals surface area contributed by atoms with Gasteiger partial charge in [-0.15, -0.1) is 0 Å². The van der Waals surface area contributed by atoms with Crippen molar-refractivity contribution in [2.75, 3.05) is 0 Å². The molecule has 110 valence electrons. The predicted octanol–water partition coefficient (Wildman–Crippen LogP) is 4.39. The number of hydrogen-bond donors (Lipinski definition) is 0. The van der Waals surface area contributed by atoms with Gasteiger partial charge in [0, 0.05) is 6.42 Å². The van der Waals surface area contributed by atoms with Crippen molar-refractivity contribution in [1.29, 1.82) is 0 Å². The molecule has 0 bridgehead atoms. The number of unbranched alkanes of at least 4 members (excludes halogenated alkanes) is 2. The van der Waals surface area contributed by atoms with Crippen molar-refractivity contribution in [2.45, 2.75) is 91.6 Å². The van der Waals surface area contributed by atoms with Gasteiger partial charge in [-0.2, -0.15) is 0 Å². The molecule has 0 spiro atoms. The Kier molecular flexibility index (Phi) is 11.8. The molecule has 0 heterocycles. The highest BCUT2D eigenvalue weighted by atomic mass is 17.3. The molecule has 0 aliphatic rings. The number of rotatable bonds is 12. The van der Waals surface area contributed by atoms with Crippen molar-refractivity contribution in [3.63, 3.8) is 0 Å². The summed E-state index contributed by atoms with van der Waals surface area (Å²) in [5.74, 6) is 0. The van der Waals surface area contributed by atoms with E-state index in [0.29, 0.717) is 0 Å². The molecule has 0 aromatic heterocycles. The molecule has 0 N–H and O–H groups in total. The second-order valence-electron chi connectivity index (χ2n) is 4.75. The maximum atomic E-state index is 5.29. The maximum Gasteiger partial charge on any atom is 0.224 e. The molecule has 0 saturated carbocycles. The summed E-state index contributed by atoms with van der Waals surface area (Å²) in [5, 5.41) is 0. The van der Waals surface area contributed by atoms with Gasteiger partial charge in [0.2, 0.25) is 6.29 Å². The molecule has 2 unspecified atom stereocenters. The van der Waals surface area contributed by atoms with E-state index in [-0.39, 0.29) is 12.2 Å². The summed E-state index contributed by atoms with van der Waals surface area (Å²) in [4.78, 5) is 21.1. The third-order valence-corrected chi connectivity index (χ3v) is 2.85. The summed E-state index contributed by atoms with van der Waals surface area (Å²) in [6.07, 6.45) is 5.72. The van der Waals surface area contributed by atoms with Crippen LogP contribution in [0.15, 0.2) is 0 Å². The van der Waals surface area contributed by atoms with Crippen molar-refractivity contribution in [1.82, 2.24) is 0 Å². The molecular formula is C14H30O4. The molecule has 2 atom stereocenters. The van der Waals surface area contributed by atoms with Crippen molar-refractivity contribution in [3.05, 3.63) is 0 Å². The van der Waals surface area contributed by atoms with Crippen molar-refractivity contribution < 1.29 is 19.6 Å². The second-order valence-corrected chi connectivity index (χ2v) is 4.75. The quantitative estimate of drug-likeness (QED) is 0.226. The Balaban J connectivity index is 3.91. The fourth-order valence-electron chi connectivity index (χ4n) is 1.12. The smallest absolute Gasteiger partial charge is 0.224 e. The van der Waals surface area contributed by atoms with Gasteiger partial charge in [-0.3, -0.25) is 0 Å². The minimum atomic E-state index is -0.431. The third-order valence-electron chi connectivity index (χ3n) is 2.85. The first-order chi connectivity index (χ1) is 8.63. The van der Waals surface area contributed by atoms with Gasteiger partial charge in [0.25, 0.3) is 0 Å². The Labute approximate surface area is 112 Å². The lowest BCUT2D eigenvalue weighted by Crippen LogP contribution is -2.23. The summed E-state index contributed by atoms with van der Waals surface area (Å²) in [6, 6.07) is 0. The summed E-state index contributed by atoms with van der Waals surface area (Å²) in [7, 11) is 0. The summed E-state index contributed by atoms with van der Waals surface area (Å²) >= 11 is 0. The van der Waals surface area contributed by atoms with Crippen LogP contribution in [0.1, 0.15) is 73.1 Å². The molecule has 0 aliphatic heterocycles. The third kappa shape index (κ3) is 9.83. The van der Waals surface area contributed by atoms with E-state index in [4.69, 9.17) is 19.6 Å². The van der Waals surface area contributed by atoms with Gasteiger partial charge < -0.3 is 0 Å². The van der Waals surface area contributed by atoms with E-state index >= 15 is 0 Å². The fraction of sp³-hybridized carbons (Fsp3) is 1.00. The molecule has 4 heteroatoms. The molecule has 18 heavy (non-hydrogen) atoms. The van der Waals surface area contributed by atoms with E-state index in [9.17, 15) is 0 Å². The van der Waals surface area contributed by atoms with Crippen LogP contribution >= 0.6 is 0 Å². The van der Waals surface area contributed by atoms with Gasteiger partial charge in [-0.05, 0) is 33.1 Å². The monoisotopic (exact) mass is 262 g/mol. The molecule has 4 nitrogen and oxygen atoms in total. The van der Waals surface area contributed by atoms with Crippen LogP contribution in [-0.4, -0.2) is 18.5 Å². The van der Waals surface area contributed by atoms with Crippen LogP contribution in [-0.2, 0) is 19.6 Å². The van der Waals surface area contributed by atoms with Crippen LogP contribution in [0.2, 0.25) is 0 Å². The summed E-state index contributed by atoms with van der Waals surface area (Å²) < 4.78 is 0. The first kappa shape index (κ1) is 17.8. The molecule has 0 aromatic rings. The highest BCUT2D eigenvalue weighted by Gasteiger charge is 2.15. The normalized spacial score (nSPS) is 16.5. The Morgan fingerprint density at radius 3 is 1.61 bits per heavy atom. The molecule has 0 fully saturated rings. The first-order valence-electron chi connectivity index (χ1n) is 7.28. The molecule has 0 radical (unpaired) electrons. The van der Waals surface area contributed by atoms with Gasteiger partial charge in [0.1, 0.15) is 0 Å². The fourth-order valence-corrected chi connectivity index (χ4v) is 1.12. The molecule has 0 saturated heterocycles. The molecule has 0 aliphatic carbocycles. The summed E-state index contributed by atoms with van der Waals surface area (Å²) in [6.45, 7) is 10.2. The summed E-state index contributed by atoms with van der Waals surface area (Å²) in [5.41, 5.74) is 0. The van der Waals surface area contributed by atoms with Crippen molar-refractivity contribution in [3.8, 4) is 0 Å². The highest BCUT2D eigenvalue weighted by Crippen LogP contribution is 2.12. The average molecular weight is 262 g/mol. The largest absolute Gasteiger partial charge is 0.231 e. The van der Waals surface area contributed by atoms with Crippen LogP contribution in [0.4, 0.5) is 0 Å². The zero-order chi connectivity index (χ0) is 13.8. The minimum absolute atomic E-state index is 0.0749. The predicted molar refractivity (Wildman–Crippen MR) is 71.8 cm³/mol. The SMILES string of the molecule is CCCCCC(OOC(C)CC)OOC(C)CC. The van der Waals surface area contributed by atoms with Crippen LogP contribution in [0.25, 0.3) is 0 Å². The zero-order valence-corrected chi connectivity index (χ0v) is 12.6. The van der Waals surface area contributed by atoms with E-state index in [2.05, 4.69) is 20.8 Å². The minimum Gasteiger partial charge on any atom is -0.231 e. The van der Waals surface area contributed by atoms with Crippen LogP contribution < -0.4 is 0 Å². The Bertz CT molecular complexity index is 161.